The number of carbonyl (C=O) groups excluding carboxylic acids is 1. The van der Waals surface area contributed by atoms with Crippen LogP contribution in [0.1, 0.15) is 27.2 Å². The zero-order chi connectivity index (χ0) is 13.5. The van der Waals surface area contributed by atoms with Gasteiger partial charge in [-0.05, 0) is 44.5 Å². The molecule has 1 rings (SSSR count). The molecule has 18 heavy (non-hydrogen) atoms. The lowest BCUT2D eigenvalue weighted by Crippen LogP contribution is -2.46. The van der Waals surface area contributed by atoms with E-state index in [2.05, 4.69) is 10.6 Å². The van der Waals surface area contributed by atoms with Crippen molar-refractivity contribution in [3.63, 3.8) is 0 Å². The highest BCUT2D eigenvalue weighted by atomic mass is 16.5. The lowest BCUT2D eigenvalue weighted by Gasteiger charge is -2.18. The van der Waals surface area contributed by atoms with Crippen molar-refractivity contribution in [2.75, 3.05) is 0 Å². The summed E-state index contributed by atoms with van der Waals surface area (Å²) in [7, 11) is 0. The van der Waals surface area contributed by atoms with Crippen molar-refractivity contribution in [2.24, 2.45) is 0 Å². The minimum Gasteiger partial charge on any atom is -0.508 e. The predicted molar refractivity (Wildman–Crippen MR) is 69.6 cm³/mol. The van der Waals surface area contributed by atoms with Gasteiger partial charge in [0.2, 0.25) is 0 Å². The topological polar surface area (TPSA) is 70.6 Å². The highest BCUT2D eigenvalue weighted by molar-refractivity contribution is 5.74. The van der Waals surface area contributed by atoms with E-state index in [1.54, 1.807) is 19.1 Å². The van der Waals surface area contributed by atoms with E-state index in [0.717, 1.165) is 6.42 Å². The first-order chi connectivity index (χ1) is 8.51. The second-order valence-electron chi connectivity index (χ2n) is 4.18. The van der Waals surface area contributed by atoms with Crippen LogP contribution in [-0.2, 0) is 0 Å². The van der Waals surface area contributed by atoms with Crippen LogP contribution in [0.15, 0.2) is 24.3 Å². The zero-order valence-corrected chi connectivity index (χ0v) is 10.9. The maximum Gasteiger partial charge on any atom is 0.317 e. The van der Waals surface area contributed by atoms with E-state index < -0.39 is 6.23 Å². The lowest BCUT2D eigenvalue weighted by atomic mass is 10.3. The third-order valence-corrected chi connectivity index (χ3v) is 2.47. The SMILES string of the molecule is CCC(C)NC(=O)NC(C)Oc1ccc(O)cc1. The smallest absolute Gasteiger partial charge is 0.317 e. The Morgan fingerprint density at radius 2 is 1.89 bits per heavy atom. The molecule has 3 N–H and O–H groups in total. The van der Waals surface area contributed by atoms with Gasteiger partial charge in [-0.1, -0.05) is 6.92 Å². The number of amides is 2. The van der Waals surface area contributed by atoms with Gasteiger partial charge in [0.05, 0.1) is 0 Å². The minimum absolute atomic E-state index is 0.130. The number of phenolic OH excluding ortho intramolecular Hbond substituents is 1. The Labute approximate surface area is 107 Å². The molecule has 0 saturated heterocycles. The van der Waals surface area contributed by atoms with Crippen LogP contribution in [0.5, 0.6) is 11.5 Å². The number of hydrogen-bond acceptors (Lipinski definition) is 3. The molecule has 0 fully saturated rings. The van der Waals surface area contributed by atoms with Gasteiger partial charge in [0.15, 0.2) is 6.23 Å². The Morgan fingerprint density at radius 1 is 1.28 bits per heavy atom. The first kappa shape index (κ1) is 14.2. The molecule has 100 valence electrons. The molecule has 0 aromatic heterocycles. The normalized spacial score (nSPS) is 13.5. The summed E-state index contributed by atoms with van der Waals surface area (Å²) in [4.78, 5) is 11.5. The summed E-state index contributed by atoms with van der Waals surface area (Å²) >= 11 is 0. The van der Waals surface area contributed by atoms with Gasteiger partial charge in [-0.15, -0.1) is 0 Å². The van der Waals surface area contributed by atoms with Gasteiger partial charge in [0, 0.05) is 6.04 Å². The van der Waals surface area contributed by atoms with Crippen LogP contribution < -0.4 is 15.4 Å². The highest BCUT2D eigenvalue weighted by Crippen LogP contribution is 2.16. The second-order valence-corrected chi connectivity index (χ2v) is 4.18. The molecule has 2 atom stereocenters. The number of hydrogen-bond donors (Lipinski definition) is 3. The van der Waals surface area contributed by atoms with Gasteiger partial charge in [-0.25, -0.2) is 4.79 Å². The quantitative estimate of drug-likeness (QED) is 0.704. The number of benzene rings is 1. The summed E-state index contributed by atoms with van der Waals surface area (Å²) in [5, 5.41) is 14.6. The van der Waals surface area contributed by atoms with E-state index in [1.807, 2.05) is 13.8 Å². The van der Waals surface area contributed by atoms with Crippen LogP contribution in [0.25, 0.3) is 0 Å². The van der Waals surface area contributed by atoms with Gasteiger partial charge >= 0.3 is 6.03 Å². The van der Waals surface area contributed by atoms with E-state index >= 15 is 0 Å². The molecular formula is C13H20N2O3. The van der Waals surface area contributed by atoms with Crippen LogP contribution in [0.3, 0.4) is 0 Å². The number of urea groups is 1. The molecule has 1 aromatic rings. The summed E-state index contributed by atoms with van der Waals surface area (Å²) in [5.41, 5.74) is 0. The van der Waals surface area contributed by atoms with Gasteiger partial charge in [0.1, 0.15) is 11.5 Å². The predicted octanol–water partition coefficient (Wildman–Crippen LogP) is 2.21. The molecule has 0 aliphatic heterocycles. The third-order valence-electron chi connectivity index (χ3n) is 2.47. The van der Waals surface area contributed by atoms with Crippen LogP contribution in [-0.4, -0.2) is 23.4 Å². The minimum atomic E-state index is -0.446. The van der Waals surface area contributed by atoms with E-state index in [4.69, 9.17) is 9.84 Å². The first-order valence-electron chi connectivity index (χ1n) is 6.04. The molecular weight excluding hydrogens is 232 g/mol. The van der Waals surface area contributed by atoms with Gasteiger partial charge in [-0.3, -0.25) is 0 Å². The maximum atomic E-state index is 11.5. The first-order valence-corrected chi connectivity index (χ1v) is 6.04. The van der Waals surface area contributed by atoms with Crippen LogP contribution in [0.4, 0.5) is 4.79 Å². The van der Waals surface area contributed by atoms with Crippen molar-refractivity contribution in [2.45, 2.75) is 39.5 Å². The summed E-state index contributed by atoms with van der Waals surface area (Å²) < 4.78 is 5.47. The molecule has 0 aliphatic carbocycles. The van der Waals surface area contributed by atoms with Crippen LogP contribution in [0.2, 0.25) is 0 Å². The van der Waals surface area contributed by atoms with Crippen molar-refractivity contribution in [1.29, 1.82) is 0 Å². The number of aromatic hydroxyl groups is 1. The Balaban J connectivity index is 2.39. The standard InChI is InChI=1S/C13H20N2O3/c1-4-9(2)14-13(17)15-10(3)18-12-7-5-11(16)6-8-12/h5-10,16H,4H2,1-3H3,(H2,14,15,17). The average molecular weight is 252 g/mol. The van der Waals surface area contributed by atoms with E-state index in [0.29, 0.717) is 5.75 Å². The molecule has 1 aromatic carbocycles. The lowest BCUT2D eigenvalue weighted by molar-refractivity contribution is 0.175. The fourth-order valence-electron chi connectivity index (χ4n) is 1.31. The zero-order valence-electron chi connectivity index (χ0n) is 10.9. The molecule has 5 nitrogen and oxygen atoms in total. The van der Waals surface area contributed by atoms with Crippen molar-refractivity contribution >= 4 is 6.03 Å². The van der Waals surface area contributed by atoms with Crippen LogP contribution >= 0.6 is 0 Å². The summed E-state index contributed by atoms with van der Waals surface area (Å²) in [6.07, 6.45) is 0.430. The van der Waals surface area contributed by atoms with E-state index in [1.165, 1.54) is 12.1 Å². The van der Waals surface area contributed by atoms with E-state index in [-0.39, 0.29) is 17.8 Å². The fourth-order valence-corrected chi connectivity index (χ4v) is 1.31. The number of carbonyl (C=O) groups is 1. The Kier molecular flexibility index (Phi) is 5.30. The second kappa shape index (κ2) is 6.74. The Hall–Kier alpha value is -1.91. The molecule has 0 radical (unpaired) electrons. The highest BCUT2D eigenvalue weighted by Gasteiger charge is 2.10. The van der Waals surface area contributed by atoms with Gasteiger partial charge in [0.25, 0.3) is 0 Å². The van der Waals surface area contributed by atoms with Crippen molar-refractivity contribution in [3.05, 3.63) is 24.3 Å². The van der Waals surface area contributed by atoms with Gasteiger partial charge in [-0.2, -0.15) is 0 Å². The number of ether oxygens (including phenoxy) is 1. The number of rotatable bonds is 5. The maximum absolute atomic E-state index is 11.5. The summed E-state index contributed by atoms with van der Waals surface area (Å²) in [5.74, 6) is 0.765. The summed E-state index contributed by atoms with van der Waals surface area (Å²) in [6, 6.07) is 6.21. The van der Waals surface area contributed by atoms with Crippen molar-refractivity contribution in [3.8, 4) is 11.5 Å². The molecule has 5 heteroatoms. The molecule has 2 unspecified atom stereocenters. The largest absolute Gasteiger partial charge is 0.508 e. The van der Waals surface area contributed by atoms with E-state index in [9.17, 15) is 4.79 Å². The molecule has 0 heterocycles. The molecule has 0 saturated carbocycles. The van der Waals surface area contributed by atoms with Gasteiger partial charge < -0.3 is 20.5 Å². The number of nitrogens with one attached hydrogen (secondary N) is 2. The summed E-state index contributed by atoms with van der Waals surface area (Å²) in [6.45, 7) is 5.68. The third kappa shape index (κ3) is 4.95. The molecule has 0 aliphatic rings. The molecule has 2 amide bonds. The average Bonchev–Trinajstić information content (AvgIpc) is 2.31. The monoisotopic (exact) mass is 252 g/mol. The Morgan fingerprint density at radius 3 is 2.44 bits per heavy atom. The molecule has 0 bridgehead atoms. The Bertz CT molecular complexity index is 378. The van der Waals surface area contributed by atoms with Crippen molar-refractivity contribution in [1.82, 2.24) is 10.6 Å². The molecule has 0 spiro atoms. The fraction of sp³-hybridized carbons (Fsp3) is 0.462. The van der Waals surface area contributed by atoms with Crippen molar-refractivity contribution < 1.29 is 14.6 Å². The van der Waals surface area contributed by atoms with Crippen LogP contribution in [0, 0.1) is 0 Å². The number of phenols is 1.